The van der Waals surface area contributed by atoms with Gasteiger partial charge < -0.3 is 9.64 Å². The fourth-order valence-electron chi connectivity index (χ4n) is 3.79. The molecule has 156 valence electrons. The number of nitriles is 1. The molecule has 1 saturated heterocycles. The van der Waals surface area contributed by atoms with E-state index in [-0.39, 0.29) is 5.91 Å². The van der Waals surface area contributed by atoms with Crippen LogP contribution in [-0.2, 0) is 11.2 Å². The van der Waals surface area contributed by atoms with E-state index in [9.17, 15) is 4.79 Å². The molecule has 3 rings (SSSR count). The van der Waals surface area contributed by atoms with E-state index >= 15 is 0 Å². The van der Waals surface area contributed by atoms with E-state index in [4.69, 9.17) is 26.6 Å². The van der Waals surface area contributed by atoms with E-state index in [1.54, 1.807) is 12.1 Å². The summed E-state index contributed by atoms with van der Waals surface area (Å²) in [6, 6.07) is 9.47. The summed E-state index contributed by atoms with van der Waals surface area (Å²) in [6.45, 7) is 10.2. The molecule has 2 aromatic carbocycles. The summed E-state index contributed by atoms with van der Waals surface area (Å²) in [7, 11) is 0. The van der Waals surface area contributed by atoms with Gasteiger partial charge in [0.25, 0.3) is 5.91 Å². The second-order valence-electron chi connectivity index (χ2n) is 7.70. The molecule has 1 aliphatic rings. The number of rotatable bonds is 4. The molecule has 1 aliphatic heterocycles. The monoisotopic (exact) mass is 423 g/mol. The first-order valence-corrected chi connectivity index (χ1v) is 10.4. The molecule has 1 amide bonds. The average Bonchev–Trinajstić information content (AvgIpc) is 2.73. The molecule has 30 heavy (non-hydrogen) atoms. The Bertz CT molecular complexity index is 1020. The second-order valence-corrected chi connectivity index (χ2v) is 8.10. The standard InChI is InChI=1S/C24H26ClN3O2/c1-15-11-19(14-26)12-16(2)23(15)27-17(3)13-21-18(4)20(5-6-22(21)25)24(29)28-7-9-30-10-8-28/h5-6,11-12H,7-10,13H2,1-4H3/b27-17+. The van der Waals surface area contributed by atoms with Gasteiger partial charge in [0.1, 0.15) is 0 Å². The fraction of sp³-hybridized carbons (Fsp3) is 0.375. The predicted molar refractivity (Wildman–Crippen MR) is 120 cm³/mol. The van der Waals surface area contributed by atoms with Gasteiger partial charge in [-0.15, -0.1) is 0 Å². The zero-order valence-corrected chi connectivity index (χ0v) is 18.6. The number of nitrogens with zero attached hydrogens (tertiary/aromatic N) is 3. The smallest absolute Gasteiger partial charge is 0.254 e. The number of aryl methyl sites for hydroxylation is 2. The maximum atomic E-state index is 13.0. The zero-order chi connectivity index (χ0) is 21.8. The maximum Gasteiger partial charge on any atom is 0.254 e. The van der Waals surface area contributed by atoms with Crippen molar-refractivity contribution in [2.75, 3.05) is 26.3 Å². The molecule has 1 heterocycles. The normalized spacial score (nSPS) is 14.5. The highest BCUT2D eigenvalue weighted by Gasteiger charge is 2.22. The van der Waals surface area contributed by atoms with Crippen molar-refractivity contribution in [3.8, 4) is 6.07 Å². The molecule has 2 aromatic rings. The van der Waals surface area contributed by atoms with Crippen LogP contribution in [0.1, 0.15) is 45.1 Å². The lowest BCUT2D eigenvalue weighted by Gasteiger charge is -2.28. The Balaban J connectivity index is 1.90. The Labute approximate surface area is 182 Å². The molecule has 0 saturated carbocycles. The SMILES string of the molecule is C/C(Cc1c(Cl)ccc(C(=O)N2CCOCC2)c1C)=N\c1c(C)cc(C#N)cc1C. The van der Waals surface area contributed by atoms with E-state index in [0.29, 0.717) is 48.9 Å². The minimum absolute atomic E-state index is 0.0158. The van der Waals surface area contributed by atoms with Crippen LogP contribution in [0, 0.1) is 32.1 Å². The summed E-state index contributed by atoms with van der Waals surface area (Å²) in [5.74, 6) is 0.0158. The summed E-state index contributed by atoms with van der Waals surface area (Å²) >= 11 is 6.51. The Hall–Kier alpha value is -2.68. The van der Waals surface area contributed by atoms with E-state index in [1.165, 1.54) is 0 Å². The number of amides is 1. The Kier molecular flexibility index (Phi) is 6.91. The van der Waals surface area contributed by atoms with Crippen molar-refractivity contribution in [2.24, 2.45) is 4.99 Å². The molecule has 0 N–H and O–H groups in total. The highest BCUT2D eigenvalue weighted by molar-refractivity contribution is 6.31. The van der Waals surface area contributed by atoms with Crippen molar-refractivity contribution in [1.29, 1.82) is 5.26 Å². The summed E-state index contributed by atoms with van der Waals surface area (Å²) in [4.78, 5) is 19.6. The summed E-state index contributed by atoms with van der Waals surface area (Å²) in [5, 5.41) is 9.77. The molecule has 0 unspecified atom stereocenters. The predicted octanol–water partition coefficient (Wildman–Crippen LogP) is 4.94. The number of hydrogen-bond donors (Lipinski definition) is 0. The molecule has 1 fully saturated rings. The van der Waals surface area contributed by atoms with Gasteiger partial charge in [-0.3, -0.25) is 9.79 Å². The first-order chi connectivity index (χ1) is 14.3. The second kappa shape index (κ2) is 9.42. The van der Waals surface area contributed by atoms with Crippen LogP contribution in [0.25, 0.3) is 0 Å². The van der Waals surface area contributed by atoms with Crippen LogP contribution >= 0.6 is 11.6 Å². The van der Waals surface area contributed by atoms with Gasteiger partial charge in [0.15, 0.2) is 0 Å². The number of carbonyl (C=O) groups excluding carboxylic acids is 1. The van der Waals surface area contributed by atoms with Crippen LogP contribution in [0.15, 0.2) is 29.3 Å². The lowest BCUT2D eigenvalue weighted by molar-refractivity contribution is 0.0302. The van der Waals surface area contributed by atoms with Gasteiger partial charge in [-0.2, -0.15) is 5.26 Å². The van der Waals surface area contributed by atoms with E-state index in [1.807, 2.05) is 44.7 Å². The van der Waals surface area contributed by atoms with Crippen molar-refractivity contribution in [3.63, 3.8) is 0 Å². The van der Waals surface area contributed by atoms with Crippen LogP contribution in [0.3, 0.4) is 0 Å². The van der Waals surface area contributed by atoms with Gasteiger partial charge in [0.05, 0.1) is 30.5 Å². The third kappa shape index (κ3) is 4.72. The number of morpholine rings is 1. The number of hydrogen-bond acceptors (Lipinski definition) is 4. The van der Waals surface area contributed by atoms with Gasteiger partial charge in [-0.05, 0) is 74.2 Å². The molecule has 6 heteroatoms. The number of benzene rings is 2. The highest BCUT2D eigenvalue weighted by atomic mass is 35.5. The van der Waals surface area contributed by atoms with Crippen LogP contribution in [0.5, 0.6) is 0 Å². The topological polar surface area (TPSA) is 65.7 Å². The average molecular weight is 424 g/mol. The van der Waals surface area contributed by atoms with Gasteiger partial charge in [-0.25, -0.2) is 0 Å². The fourth-order valence-corrected chi connectivity index (χ4v) is 4.06. The summed E-state index contributed by atoms with van der Waals surface area (Å²) < 4.78 is 5.35. The van der Waals surface area contributed by atoms with Crippen molar-refractivity contribution in [3.05, 3.63) is 62.7 Å². The van der Waals surface area contributed by atoms with Crippen molar-refractivity contribution in [2.45, 2.75) is 34.1 Å². The van der Waals surface area contributed by atoms with E-state index in [2.05, 4.69) is 6.07 Å². The first kappa shape index (κ1) is 22.0. The minimum Gasteiger partial charge on any atom is -0.378 e. The van der Waals surface area contributed by atoms with Crippen LogP contribution in [0.4, 0.5) is 5.69 Å². The van der Waals surface area contributed by atoms with Crippen molar-refractivity contribution < 1.29 is 9.53 Å². The molecule has 0 aliphatic carbocycles. The lowest BCUT2D eigenvalue weighted by Crippen LogP contribution is -2.41. The molecule has 0 atom stereocenters. The van der Waals surface area contributed by atoms with E-state index < -0.39 is 0 Å². The van der Waals surface area contributed by atoms with Gasteiger partial charge in [0, 0.05) is 35.8 Å². The van der Waals surface area contributed by atoms with Crippen LogP contribution < -0.4 is 0 Å². The molecule has 0 bridgehead atoms. The molecule has 0 aromatic heterocycles. The number of halogens is 1. The third-order valence-electron chi connectivity index (χ3n) is 5.43. The molecule has 0 radical (unpaired) electrons. The first-order valence-electron chi connectivity index (χ1n) is 10.0. The van der Waals surface area contributed by atoms with E-state index in [0.717, 1.165) is 33.7 Å². The lowest BCUT2D eigenvalue weighted by atomic mass is 9.97. The van der Waals surface area contributed by atoms with Crippen LogP contribution in [-0.4, -0.2) is 42.8 Å². The number of ether oxygens (including phenoxy) is 1. The third-order valence-corrected chi connectivity index (χ3v) is 5.78. The maximum absolute atomic E-state index is 13.0. The van der Waals surface area contributed by atoms with Crippen molar-refractivity contribution >= 4 is 28.9 Å². The highest BCUT2D eigenvalue weighted by Crippen LogP contribution is 2.28. The molecule has 0 spiro atoms. The summed E-state index contributed by atoms with van der Waals surface area (Å²) in [5.41, 5.74) is 6.81. The van der Waals surface area contributed by atoms with Gasteiger partial charge >= 0.3 is 0 Å². The quantitative estimate of drug-likeness (QED) is 0.654. The molecule has 5 nitrogen and oxygen atoms in total. The Morgan fingerprint density at radius 2 is 1.83 bits per heavy atom. The zero-order valence-electron chi connectivity index (χ0n) is 17.9. The van der Waals surface area contributed by atoms with Gasteiger partial charge in [-0.1, -0.05) is 11.6 Å². The van der Waals surface area contributed by atoms with Gasteiger partial charge in [0.2, 0.25) is 0 Å². The largest absolute Gasteiger partial charge is 0.378 e. The van der Waals surface area contributed by atoms with Crippen LogP contribution in [0.2, 0.25) is 5.02 Å². The number of aliphatic imine (C=N–C) groups is 1. The summed E-state index contributed by atoms with van der Waals surface area (Å²) in [6.07, 6.45) is 0.549. The molecular formula is C24H26ClN3O2. The molecular weight excluding hydrogens is 398 g/mol. The Morgan fingerprint density at radius 3 is 2.43 bits per heavy atom. The Morgan fingerprint density at radius 1 is 1.20 bits per heavy atom. The minimum atomic E-state index is 0.0158. The van der Waals surface area contributed by atoms with Crippen molar-refractivity contribution in [1.82, 2.24) is 4.90 Å². The number of carbonyl (C=O) groups is 1.